The Balaban J connectivity index is 1.67. The molecule has 0 bridgehead atoms. The van der Waals surface area contributed by atoms with Crippen LogP contribution in [-0.4, -0.2) is 22.1 Å². The van der Waals surface area contributed by atoms with E-state index in [0.717, 1.165) is 35.1 Å². The Morgan fingerprint density at radius 2 is 1.88 bits per heavy atom. The summed E-state index contributed by atoms with van der Waals surface area (Å²) in [4.78, 5) is 26.6. The SMILES string of the molecule is Cc1cccc2c1/C(=C/c1c(Cl)cccc1C1CCC1)C(=O)N2c1ccc(C(=O)O)c(O)c1. The Bertz CT molecular complexity index is 1340. The molecule has 1 fully saturated rings. The van der Waals surface area contributed by atoms with Crippen molar-refractivity contribution in [2.75, 3.05) is 4.90 Å². The van der Waals surface area contributed by atoms with E-state index < -0.39 is 11.7 Å². The molecule has 3 aromatic carbocycles. The number of carbonyl (C=O) groups excluding carboxylic acids is 1. The number of aryl methyl sites for hydroxylation is 1. The molecule has 1 saturated carbocycles. The maximum absolute atomic E-state index is 13.7. The number of hydrogen-bond acceptors (Lipinski definition) is 3. The monoisotopic (exact) mass is 459 g/mol. The molecule has 0 radical (unpaired) electrons. The summed E-state index contributed by atoms with van der Waals surface area (Å²) in [6, 6.07) is 15.7. The number of carboxylic acids is 1. The Labute approximate surface area is 196 Å². The van der Waals surface area contributed by atoms with Crippen LogP contribution in [0.3, 0.4) is 0 Å². The van der Waals surface area contributed by atoms with Crippen molar-refractivity contribution < 1.29 is 19.8 Å². The van der Waals surface area contributed by atoms with Gasteiger partial charge in [-0.15, -0.1) is 0 Å². The van der Waals surface area contributed by atoms with Crippen molar-refractivity contribution in [2.24, 2.45) is 0 Å². The zero-order valence-electron chi connectivity index (χ0n) is 18.0. The van der Waals surface area contributed by atoms with Crippen LogP contribution in [0.2, 0.25) is 5.02 Å². The number of benzene rings is 3. The number of rotatable bonds is 4. The highest BCUT2D eigenvalue weighted by atomic mass is 35.5. The lowest BCUT2D eigenvalue weighted by Gasteiger charge is -2.27. The summed E-state index contributed by atoms with van der Waals surface area (Å²) in [5.41, 5.74) is 5.17. The van der Waals surface area contributed by atoms with Gasteiger partial charge in [0.1, 0.15) is 11.3 Å². The zero-order chi connectivity index (χ0) is 23.3. The van der Waals surface area contributed by atoms with Crippen molar-refractivity contribution in [1.82, 2.24) is 0 Å². The first-order chi connectivity index (χ1) is 15.9. The molecule has 0 spiro atoms. The quantitative estimate of drug-likeness (QED) is 0.434. The molecule has 166 valence electrons. The van der Waals surface area contributed by atoms with Gasteiger partial charge in [0, 0.05) is 16.7 Å². The van der Waals surface area contributed by atoms with Crippen molar-refractivity contribution in [1.29, 1.82) is 0 Å². The highest BCUT2D eigenvalue weighted by Gasteiger charge is 2.35. The van der Waals surface area contributed by atoms with E-state index in [1.807, 2.05) is 43.3 Å². The van der Waals surface area contributed by atoms with E-state index >= 15 is 0 Å². The minimum Gasteiger partial charge on any atom is -0.507 e. The standard InChI is InChI=1S/C27H22ClNO4/c1-15-5-2-10-23-25(15)21(14-20-18(16-6-3-7-16)8-4-9-22(20)28)26(31)29(23)17-11-12-19(27(32)33)24(30)13-17/h2,4-5,8-14,16,30H,3,6-7H2,1H3,(H,32,33)/b21-14-. The second-order valence-electron chi connectivity index (χ2n) is 8.54. The summed E-state index contributed by atoms with van der Waals surface area (Å²) in [5, 5.41) is 20.1. The minimum atomic E-state index is -1.23. The number of hydrogen-bond donors (Lipinski definition) is 2. The van der Waals surface area contributed by atoms with Gasteiger partial charge in [0.15, 0.2) is 0 Å². The van der Waals surface area contributed by atoms with Crippen LogP contribution < -0.4 is 4.90 Å². The van der Waals surface area contributed by atoms with Gasteiger partial charge in [-0.05, 0) is 72.7 Å². The molecule has 1 amide bonds. The first-order valence-corrected chi connectivity index (χ1v) is 11.3. The smallest absolute Gasteiger partial charge is 0.339 e. The van der Waals surface area contributed by atoms with Crippen molar-refractivity contribution in [3.63, 3.8) is 0 Å². The molecule has 6 heteroatoms. The van der Waals surface area contributed by atoms with E-state index in [-0.39, 0.29) is 11.5 Å². The number of aromatic carboxylic acids is 1. The molecule has 0 unspecified atom stereocenters. The molecule has 1 aliphatic carbocycles. The van der Waals surface area contributed by atoms with Gasteiger partial charge >= 0.3 is 5.97 Å². The number of carboxylic acid groups (broad SMARTS) is 1. The fourth-order valence-corrected chi connectivity index (χ4v) is 4.92. The van der Waals surface area contributed by atoms with E-state index in [1.165, 1.54) is 29.5 Å². The molecule has 0 saturated heterocycles. The lowest BCUT2D eigenvalue weighted by molar-refractivity contribution is -0.112. The van der Waals surface area contributed by atoms with Crippen LogP contribution in [0, 0.1) is 6.92 Å². The summed E-state index contributed by atoms with van der Waals surface area (Å²) in [6.07, 6.45) is 5.30. The summed E-state index contributed by atoms with van der Waals surface area (Å²) < 4.78 is 0. The number of aromatic hydroxyl groups is 1. The summed E-state index contributed by atoms with van der Waals surface area (Å²) in [7, 11) is 0. The maximum atomic E-state index is 13.7. The van der Waals surface area contributed by atoms with Crippen molar-refractivity contribution in [3.05, 3.63) is 87.4 Å². The van der Waals surface area contributed by atoms with Crippen molar-refractivity contribution >= 4 is 46.5 Å². The molecule has 5 nitrogen and oxygen atoms in total. The van der Waals surface area contributed by atoms with Crippen molar-refractivity contribution in [3.8, 4) is 5.75 Å². The topological polar surface area (TPSA) is 77.8 Å². The average Bonchev–Trinajstić information content (AvgIpc) is 3.01. The predicted molar refractivity (Wildman–Crippen MR) is 129 cm³/mol. The highest BCUT2D eigenvalue weighted by Crippen LogP contribution is 2.46. The molecule has 1 aliphatic heterocycles. The molecule has 0 aromatic heterocycles. The number of amides is 1. The fourth-order valence-electron chi connectivity index (χ4n) is 4.68. The molecule has 1 heterocycles. The van der Waals surface area contributed by atoms with Crippen LogP contribution in [-0.2, 0) is 4.79 Å². The van der Waals surface area contributed by atoms with E-state index in [2.05, 4.69) is 6.07 Å². The molecule has 2 aliphatic rings. The minimum absolute atomic E-state index is 0.216. The summed E-state index contributed by atoms with van der Waals surface area (Å²) >= 11 is 6.61. The maximum Gasteiger partial charge on any atom is 0.339 e. The van der Waals surface area contributed by atoms with Gasteiger partial charge in [-0.1, -0.05) is 42.3 Å². The molecular formula is C27H22ClNO4. The summed E-state index contributed by atoms with van der Waals surface area (Å²) in [6.45, 7) is 1.95. The number of halogens is 1. The lowest BCUT2D eigenvalue weighted by Crippen LogP contribution is -2.20. The Hall–Kier alpha value is -3.57. The Kier molecular flexibility index (Phi) is 5.22. The van der Waals surface area contributed by atoms with Gasteiger partial charge in [-0.25, -0.2) is 4.79 Å². The lowest BCUT2D eigenvalue weighted by atomic mass is 9.78. The molecule has 0 atom stereocenters. The van der Waals surface area contributed by atoms with Gasteiger partial charge < -0.3 is 10.2 Å². The third-order valence-electron chi connectivity index (χ3n) is 6.58. The number of nitrogens with zero attached hydrogens (tertiary/aromatic N) is 1. The Morgan fingerprint density at radius 3 is 2.55 bits per heavy atom. The van der Waals surface area contributed by atoms with E-state index in [1.54, 1.807) is 0 Å². The largest absolute Gasteiger partial charge is 0.507 e. The third kappa shape index (κ3) is 3.49. The van der Waals surface area contributed by atoms with E-state index in [0.29, 0.717) is 27.9 Å². The zero-order valence-corrected chi connectivity index (χ0v) is 18.8. The van der Waals surface area contributed by atoms with Crippen molar-refractivity contribution in [2.45, 2.75) is 32.1 Å². The third-order valence-corrected chi connectivity index (χ3v) is 6.91. The van der Waals surface area contributed by atoms with Crippen LogP contribution in [0.4, 0.5) is 11.4 Å². The van der Waals surface area contributed by atoms with Gasteiger partial charge in [-0.2, -0.15) is 0 Å². The molecule has 33 heavy (non-hydrogen) atoms. The van der Waals surface area contributed by atoms with Crippen LogP contribution in [0.5, 0.6) is 5.75 Å². The van der Waals surface area contributed by atoms with Crippen LogP contribution >= 0.6 is 11.6 Å². The number of anilines is 2. The molecule has 5 rings (SSSR count). The fraction of sp³-hybridized carbons (Fsp3) is 0.185. The first-order valence-electron chi connectivity index (χ1n) is 10.9. The molecular weight excluding hydrogens is 438 g/mol. The van der Waals surface area contributed by atoms with Gasteiger partial charge in [0.05, 0.1) is 16.9 Å². The normalized spacial score (nSPS) is 16.7. The van der Waals surface area contributed by atoms with Crippen LogP contribution in [0.25, 0.3) is 11.6 Å². The van der Waals surface area contributed by atoms with Crippen LogP contribution in [0.1, 0.15) is 57.8 Å². The Morgan fingerprint density at radius 1 is 1.12 bits per heavy atom. The molecule has 2 N–H and O–H groups in total. The van der Waals surface area contributed by atoms with Gasteiger partial charge in [0.2, 0.25) is 0 Å². The average molecular weight is 460 g/mol. The summed E-state index contributed by atoms with van der Waals surface area (Å²) in [5.74, 6) is -1.43. The number of fused-ring (bicyclic) bond motifs is 1. The second kappa shape index (κ2) is 8.09. The van der Waals surface area contributed by atoms with Gasteiger partial charge in [0.25, 0.3) is 5.91 Å². The van der Waals surface area contributed by atoms with E-state index in [9.17, 15) is 19.8 Å². The number of phenols is 1. The molecule has 3 aromatic rings. The number of carbonyl (C=O) groups is 2. The highest BCUT2D eigenvalue weighted by molar-refractivity contribution is 6.39. The predicted octanol–water partition coefficient (Wildman–Crippen LogP) is 6.54. The first kappa shape index (κ1) is 21.3. The van der Waals surface area contributed by atoms with Crippen LogP contribution in [0.15, 0.2) is 54.6 Å². The second-order valence-corrected chi connectivity index (χ2v) is 8.95. The van der Waals surface area contributed by atoms with Gasteiger partial charge in [-0.3, -0.25) is 9.69 Å². The van der Waals surface area contributed by atoms with E-state index in [4.69, 9.17) is 11.6 Å².